The Kier molecular flexibility index (Phi) is 6.54. The Morgan fingerprint density at radius 1 is 1.03 bits per heavy atom. The molecule has 1 fully saturated rings. The predicted octanol–water partition coefficient (Wildman–Crippen LogP) is 1.46. The van der Waals surface area contributed by atoms with E-state index in [1.165, 1.54) is 11.6 Å². The number of hydrogen-bond acceptors (Lipinski definition) is 5. The maximum atomic E-state index is 12.8. The number of piperidine rings is 1. The Bertz CT molecular complexity index is 959. The molecular weight excluding hydrogens is 374 g/mol. The molecule has 2 N–H and O–H groups in total. The first kappa shape index (κ1) is 21.3. The van der Waals surface area contributed by atoms with Crippen LogP contribution in [0.3, 0.4) is 0 Å². The number of carbonyl (C=O) groups excluding carboxylic acids is 2. The summed E-state index contributed by atoms with van der Waals surface area (Å²) in [5.74, 6) is -0.553. The molecule has 2 aromatic rings. The van der Waals surface area contributed by atoms with Gasteiger partial charge in [-0.05, 0) is 49.8 Å². The number of amides is 2. The number of nitrogens with zero attached hydrogens (tertiary/aromatic N) is 3. The molecule has 0 aliphatic carbocycles. The van der Waals surface area contributed by atoms with Crippen LogP contribution in [0.2, 0.25) is 0 Å². The number of aryl methyl sites for hydroxylation is 2. The number of fused-ring (bicyclic) bond motifs is 1. The molecule has 1 unspecified atom stereocenters. The average Bonchev–Trinajstić information content (AvgIpc) is 2.93. The first-order valence-corrected chi connectivity index (χ1v) is 10.2. The lowest BCUT2D eigenvalue weighted by Gasteiger charge is -2.28. The van der Waals surface area contributed by atoms with Crippen molar-refractivity contribution in [1.29, 1.82) is 0 Å². The maximum Gasteiger partial charge on any atom is 0.329 e. The van der Waals surface area contributed by atoms with Crippen molar-refractivity contribution in [2.45, 2.75) is 63.7 Å². The molecule has 1 aromatic heterocycles. The number of likely N-dealkylation sites (tertiary alicyclic amines) is 1. The van der Waals surface area contributed by atoms with E-state index in [4.69, 9.17) is 10.2 Å². The molecule has 0 radical (unpaired) electrons. The Balaban J connectivity index is 1.76. The first-order valence-electron chi connectivity index (χ1n) is 10.2. The molecule has 0 spiro atoms. The number of rotatable bonds is 8. The molecule has 1 atom stereocenters. The number of benzene rings is 1. The summed E-state index contributed by atoms with van der Waals surface area (Å²) in [6, 6.07) is 5.21. The lowest BCUT2D eigenvalue weighted by Crippen LogP contribution is -2.45. The summed E-state index contributed by atoms with van der Waals surface area (Å²) in [6.45, 7) is 0. The van der Waals surface area contributed by atoms with Gasteiger partial charge in [0, 0.05) is 20.5 Å². The second kappa shape index (κ2) is 8.92. The van der Waals surface area contributed by atoms with Gasteiger partial charge < -0.3 is 10.2 Å². The molecule has 1 aliphatic rings. The van der Waals surface area contributed by atoms with Gasteiger partial charge in [0.15, 0.2) is 6.29 Å². The molecule has 158 valence electrons. The molecule has 1 aromatic carbocycles. The van der Waals surface area contributed by atoms with Gasteiger partial charge >= 0.3 is 5.69 Å². The number of unbranched alkanes of at least 4 members (excludes halogenated alkanes) is 3. The van der Waals surface area contributed by atoms with E-state index in [0.29, 0.717) is 18.4 Å². The highest BCUT2D eigenvalue weighted by Crippen LogP contribution is 2.26. The Labute approximate surface area is 169 Å². The molecular formula is C21H29N3O5. The SMILES string of the molecule is CN1C(=O)CCC(n2c(=O)n(C)c3cc(CCCCCCC(O)O)ccc32)C1=O. The number of carbonyl (C=O) groups is 2. The van der Waals surface area contributed by atoms with Crippen LogP contribution in [0.15, 0.2) is 23.0 Å². The highest BCUT2D eigenvalue weighted by atomic mass is 16.5. The summed E-state index contributed by atoms with van der Waals surface area (Å²) in [7, 11) is 3.17. The molecule has 1 aliphatic heterocycles. The van der Waals surface area contributed by atoms with Crippen LogP contribution in [-0.2, 0) is 23.1 Å². The van der Waals surface area contributed by atoms with E-state index in [-0.39, 0.29) is 23.9 Å². The van der Waals surface area contributed by atoms with E-state index in [1.54, 1.807) is 11.6 Å². The predicted molar refractivity (Wildman–Crippen MR) is 108 cm³/mol. The Hall–Kier alpha value is -2.45. The Morgan fingerprint density at radius 2 is 1.76 bits per heavy atom. The zero-order valence-corrected chi connectivity index (χ0v) is 17.0. The molecule has 29 heavy (non-hydrogen) atoms. The van der Waals surface area contributed by atoms with Gasteiger partial charge in [-0.1, -0.05) is 18.9 Å². The topological polar surface area (TPSA) is 105 Å². The van der Waals surface area contributed by atoms with Gasteiger partial charge in [-0.3, -0.25) is 23.6 Å². The van der Waals surface area contributed by atoms with Crippen molar-refractivity contribution in [3.63, 3.8) is 0 Å². The van der Waals surface area contributed by atoms with E-state index in [0.717, 1.165) is 48.1 Å². The van der Waals surface area contributed by atoms with Crippen LogP contribution in [0.25, 0.3) is 11.0 Å². The van der Waals surface area contributed by atoms with Gasteiger partial charge in [0.2, 0.25) is 5.91 Å². The fraction of sp³-hybridized carbons (Fsp3) is 0.571. The van der Waals surface area contributed by atoms with Gasteiger partial charge in [-0.15, -0.1) is 0 Å². The summed E-state index contributed by atoms with van der Waals surface area (Å²) < 4.78 is 3.08. The third-order valence-corrected chi connectivity index (χ3v) is 5.76. The van der Waals surface area contributed by atoms with Crippen molar-refractivity contribution in [2.75, 3.05) is 7.05 Å². The highest BCUT2D eigenvalue weighted by Gasteiger charge is 2.35. The zero-order valence-electron chi connectivity index (χ0n) is 17.0. The minimum absolute atomic E-state index is 0.213. The zero-order chi connectivity index (χ0) is 21.1. The van der Waals surface area contributed by atoms with Gasteiger partial charge in [0.25, 0.3) is 5.91 Å². The minimum Gasteiger partial charge on any atom is -0.368 e. The molecule has 0 saturated carbocycles. The fourth-order valence-electron chi connectivity index (χ4n) is 4.01. The van der Waals surface area contributed by atoms with Crippen LogP contribution >= 0.6 is 0 Å². The number of aromatic nitrogens is 2. The second-order valence-corrected chi connectivity index (χ2v) is 7.81. The van der Waals surface area contributed by atoms with Gasteiger partial charge in [-0.25, -0.2) is 4.79 Å². The summed E-state index contributed by atoms with van der Waals surface area (Å²) in [5, 5.41) is 17.7. The summed E-state index contributed by atoms with van der Waals surface area (Å²) in [4.78, 5) is 38.3. The number of imidazole rings is 1. The lowest BCUT2D eigenvalue weighted by atomic mass is 10.0. The van der Waals surface area contributed by atoms with E-state index in [9.17, 15) is 14.4 Å². The van der Waals surface area contributed by atoms with E-state index >= 15 is 0 Å². The van der Waals surface area contributed by atoms with Crippen molar-refractivity contribution < 1.29 is 19.8 Å². The molecule has 0 bridgehead atoms. The molecule has 1 saturated heterocycles. The number of hydrogen-bond donors (Lipinski definition) is 2. The summed E-state index contributed by atoms with van der Waals surface area (Å²) >= 11 is 0. The maximum absolute atomic E-state index is 12.8. The van der Waals surface area contributed by atoms with Crippen LogP contribution < -0.4 is 5.69 Å². The van der Waals surface area contributed by atoms with Crippen LogP contribution in [0.1, 0.15) is 56.6 Å². The summed E-state index contributed by atoms with van der Waals surface area (Å²) in [6.07, 6.45) is 4.37. The lowest BCUT2D eigenvalue weighted by molar-refractivity contribution is -0.149. The minimum atomic E-state index is -1.23. The quantitative estimate of drug-likeness (QED) is 0.394. The van der Waals surface area contributed by atoms with E-state index in [2.05, 4.69) is 0 Å². The van der Waals surface area contributed by atoms with Crippen molar-refractivity contribution >= 4 is 22.8 Å². The van der Waals surface area contributed by atoms with Crippen molar-refractivity contribution in [1.82, 2.24) is 14.0 Å². The number of aliphatic hydroxyl groups is 2. The van der Waals surface area contributed by atoms with Crippen molar-refractivity contribution in [2.24, 2.45) is 7.05 Å². The number of aliphatic hydroxyl groups excluding tert-OH is 1. The second-order valence-electron chi connectivity index (χ2n) is 7.81. The van der Waals surface area contributed by atoms with Gasteiger partial charge in [-0.2, -0.15) is 0 Å². The van der Waals surface area contributed by atoms with Crippen LogP contribution in [-0.4, -0.2) is 49.4 Å². The van der Waals surface area contributed by atoms with Crippen LogP contribution in [0.4, 0.5) is 0 Å². The third-order valence-electron chi connectivity index (χ3n) is 5.76. The van der Waals surface area contributed by atoms with Gasteiger partial charge in [0.1, 0.15) is 6.04 Å². The molecule has 8 heteroatoms. The largest absolute Gasteiger partial charge is 0.368 e. The molecule has 3 rings (SSSR count). The van der Waals surface area contributed by atoms with Crippen molar-refractivity contribution in [3.05, 3.63) is 34.2 Å². The first-order chi connectivity index (χ1) is 13.8. The van der Waals surface area contributed by atoms with E-state index < -0.39 is 12.3 Å². The smallest absolute Gasteiger partial charge is 0.329 e. The standard InChI is InChI=1S/C21H29N3O5/c1-22-17-13-14(7-5-3-4-6-8-19(26)27)9-10-15(17)24(21(22)29)16-11-12-18(25)23(2)20(16)28/h9-10,13,16,19,26-27H,3-8,11-12H2,1-2H3. The number of imide groups is 1. The summed E-state index contributed by atoms with van der Waals surface area (Å²) in [5.41, 5.74) is 2.36. The van der Waals surface area contributed by atoms with Gasteiger partial charge in [0.05, 0.1) is 11.0 Å². The normalized spacial score (nSPS) is 17.7. The monoisotopic (exact) mass is 403 g/mol. The van der Waals surface area contributed by atoms with Crippen molar-refractivity contribution in [3.8, 4) is 0 Å². The molecule has 2 amide bonds. The average molecular weight is 403 g/mol. The Morgan fingerprint density at radius 3 is 2.48 bits per heavy atom. The molecule has 8 nitrogen and oxygen atoms in total. The van der Waals surface area contributed by atoms with Crippen LogP contribution in [0, 0.1) is 0 Å². The molecule has 2 heterocycles. The van der Waals surface area contributed by atoms with E-state index in [1.807, 2.05) is 18.2 Å². The third kappa shape index (κ3) is 4.43. The highest BCUT2D eigenvalue weighted by molar-refractivity contribution is 5.99. The number of likely N-dealkylation sites (N-methyl/N-ethyl adjacent to an activating group) is 1. The fourth-order valence-corrected chi connectivity index (χ4v) is 4.01. The van der Waals surface area contributed by atoms with Crippen LogP contribution in [0.5, 0.6) is 0 Å².